The van der Waals surface area contributed by atoms with Crippen LogP contribution in [0.4, 0.5) is 0 Å². The highest BCUT2D eigenvalue weighted by Gasteiger charge is 2.39. The number of rotatable bonds is 11. The van der Waals surface area contributed by atoms with Gasteiger partial charge in [0.1, 0.15) is 0 Å². The summed E-state index contributed by atoms with van der Waals surface area (Å²) < 4.78 is 10.3. The Morgan fingerprint density at radius 2 is 1.52 bits per heavy atom. The van der Waals surface area contributed by atoms with Gasteiger partial charge in [0.15, 0.2) is 0 Å². The lowest BCUT2D eigenvalue weighted by molar-refractivity contribution is -0.161. The maximum Gasteiger partial charge on any atom is 0.309 e. The molecule has 0 saturated heterocycles. The van der Waals surface area contributed by atoms with Crippen LogP contribution in [0.1, 0.15) is 66.7 Å². The molecule has 0 N–H and O–H groups in total. The Morgan fingerprint density at radius 1 is 1.00 bits per heavy atom. The summed E-state index contributed by atoms with van der Waals surface area (Å²) >= 11 is 0. The molecular formula is C18H31NO4. The van der Waals surface area contributed by atoms with Gasteiger partial charge in [-0.1, -0.05) is 26.2 Å². The first-order valence-corrected chi connectivity index (χ1v) is 8.57. The molecule has 0 saturated carbocycles. The van der Waals surface area contributed by atoms with E-state index in [0.29, 0.717) is 6.42 Å². The highest BCUT2D eigenvalue weighted by molar-refractivity contribution is 5.82. The Labute approximate surface area is 140 Å². The first-order chi connectivity index (χ1) is 10.8. The van der Waals surface area contributed by atoms with Crippen LogP contribution in [0.5, 0.6) is 0 Å². The number of nitrogens with zero attached hydrogens (tertiary/aromatic N) is 1. The summed E-state index contributed by atoms with van der Waals surface area (Å²) in [5.41, 5.74) is -0.701. The van der Waals surface area contributed by atoms with Crippen LogP contribution in [-0.2, 0) is 19.1 Å². The van der Waals surface area contributed by atoms with Gasteiger partial charge < -0.3 is 9.47 Å². The Bertz CT molecular complexity index is 412. The van der Waals surface area contributed by atoms with E-state index >= 15 is 0 Å². The lowest BCUT2D eigenvalue weighted by Gasteiger charge is -2.28. The van der Waals surface area contributed by atoms with Crippen LogP contribution in [0.25, 0.3) is 0 Å². The fraction of sp³-hybridized carbons (Fsp3) is 0.833. The molecule has 0 amide bonds. The predicted octanol–water partition coefficient (Wildman–Crippen LogP) is 3.87. The summed E-state index contributed by atoms with van der Waals surface area (Å²) in [6, 6.07) is 2.20. The maximum atomic E-state index is 12.4. The summed E-state index contributed by atoms with van der Waals surface area (Å²) in [5.74, 6) is -1.96. The van der Waals surface area contributed by atoms with Gasteiger partial charge in [-0.2, -0.15) is 5.26 Å². The van der Waals surface area contributed by atoms with Crippen molar-refractivity contribution in [2.75, 3.05) is 13.2 Å². The molecule has 0 aliphatic heterocycles. The van der Waals surface area contributed by atoms with Crippen molar-refractivity contribution >= 4 is 11.9 Å². The lowest BCUT2D eigenvalue weighted by atomic mass is 9.76. The van der Waals surface area contributed by atoms with Gasteiger partial charge in [-0.25, -0.2) is 0 Å². The molecule has 0 heterocycles. The number of carbonyl (C=O) groups is 2. The molecule has 23 heavy (non-hydrogen) atoms. The Kier molecular flexibility index (Phi) is 10.3. The van der Waals surface area contributed by atoms with Crippen molar-refractivity contribution in [2.45, 2.75) is 66.7 Å². The van der Waals surface area contributed by atoms with Gasteiger partial charge in [0, 0.05) is 0 Å². The number of esters is 2. The third-order valence-electron chi connectivity index (χ3n) is 3.82. The molecule has 0 aromatic heterocycles. The van der Waals surface area contributed by atoms with Crippen molar-refractivity contribution in [3.8, 4) is 6.07 Å². The van der Waals surface area contributed by atoms with E-state index in [9.17, 15) is 14.9 Å². The molecule has 0 aromatic carbocycles. The predicted molar refractivity (Wildman–Crippen MR) is 88.4 cm³/mol. The zero-order valence-corrected chi connectivity index (χ0v) is 15.2. The largest absolute Gasteiger partial charge is 0.466 e. The van der Waals surface area contributed by atoms with Crippen LogP contribution in [0.2, 0.25) is 0 Å². The second-order valence-electron chi connectivity index (χ2n) is 6.41. The van der Waals surface area contributed by atoms with E-state index in [-0.39, 0.29) is 25.6 Å². The van der Waals surface area contributed by atoms with Crippen LogP contribution in [-0.4, -0.2) is 25.2 Å². The van der Waals surface area contributed by atoms with Crippen LogP contribution in [0.15, 0.2) is 0 Å². The molecule has 0 fully saturated rings. The number of unbranched alkanes of at least 4 members (excludes halogenated alkanes) is 2. The molecular weight excluding hydrogens is 294 g/mol. The standard InChI is InChI=1S/C18H31NO4/c1-6-9-10-11-14(16(20)22-7-2)15(17(21)23-8-3)12-18(4,5)13-19/h14-15H,6-12H2,1-5H3. The van der Waals surface area contributed by atoms with E-state index in [4.69, 9.17) is 9.47 Å². The summed E-state index contributed by atoms with van der Waals surface area (Å²) in [5, 5.41) is 9.27. The SMILES string of the molecule is CCCCCC(C(=O)OCC)C(CC(C)(C)C#N)C(=O)OCC. The van der Waals surface area contributed by atoms with E-state index < -0.39 is 23.2 Å². The minimum atomic E-state index is -0.701. The molecule has 2 unspecified atom stereocenters. The van der Waals surface area contributed by atoms with E-state index in [1.54, 1.807) is 27.7 Å². The number of nitriles is 1. The van der Waals surface area contributed by atoms with Gasteiger partial charge >= 0.3 is 11.9 Å². The van der Waals surface area contributed by atoms with Gasteiger partial charge in [0.2, 0.25) is 0 Å². The van der Waals surface area contributed by atoms with Crippen molar-refractivity contribution in [1.29, 1.82) is 5.26 Å². The number of ether oxygens (including phenoxy) is 2. The average molecular weight is 325 g/mol. The van der Waals surface area contributed by atoms with E-state index in [1.165, 1.54) is 0 Å². The maximum absolute atomic E-state index is 12.4. The van der Waals surface area contributed by atoms with Crippen molar-refractivity contribution in [3.63, 3.8) is 0 Å². The monoisotopic (exact) mass is 325 g/mol. The van der Waals surface area contributed by atoms with E-state index in [0.717, 1.165) is 19.3 Å². The molecule has 132 valence electrons. The van der Waals surface area contributed by atoms with Crippen LogP contribution < -0.4 is 0 Å². The van der Waals surface area contributed by atoms with Crippen molar-refractivity contribution in [1.82, 2.24) is 0 Å². The second-order valence-corrected chi connectivity index (χ2v) is 6.41. The first-order valence-electron chi connectivity index (χ1n) is 8.57. The molecule has 5 nitrogen and oxygen atoms in total. The van der Waals surface area contributed by atoms with Gasteiger partial charge in [-0.3, -0.25) is 9.59 Å². The van der Waals surface area contributed by atoms with Crippen LogP contribution in [0.3, 0.4) is 0 Å². The summed E-state index contributed by atoms with van der Waals surface area (Å²) in [6.07, 6.45) is 3.74. The topological polar surface area (TPSA) is 76.4 Å². The normalized spacial score (nSPS) is 13.7. The molecule has 0 spiro atoms. The smallest absolute Gasteiger partial charge is 0.309 e. The van der Waals surface area contributed by atoms with Crippen molar-refractivity contribution < 1.29 is 19.1 Å². The fourth-order valence-corrected chi connectivity index (χ4v) is 2.58. The fourth-order valence-electron chi connectivity index (χ4n) is 2.58. The van der Waals surface area contributed by atoms with Gasteiger partial charge in [0.05, 0.1) is 36.5 Å². The van der Waals surface area contributed by atoms with Crippen LogP contribution >= 0.6 is 0 Å². The quantitative estimate of drug-likeness (QED) is 0.426. The third kappa shape index (κ3) is 8.01. The van der Waals surface area contributed by atoms with E-state index in [1.807, 2.05) is 0 Å². The Balaban J connectivity index is 5.36. The number of hydrogen-bond acceptors (Lipinski definition) is 5. The lowest BCUT2D eigenvalue weighted by Crippen LogP contribution is -2.35. The minimum Gasteiger partial charge on any atom is -0.466 e. The molecule has 5 heteroatoms. The zero-order chi connectivity index (χ0) is 17.9. The second kappa shape index (κ2) is 11.0. The molecule has 0 aliphatic rings. The highest BCUT2D eigenvalue weighted by Crippen LogP contribution is 2.33. The first kappa shape index (κ1) is 21.4. The summed E-state index contributed by atoms with van der Waals surface area (Å²) in [6.45, 7) is 9.65. The molecule has 2 atom stereocenters. The average Bonchev–Trinajstić information content (AvgIpc) is 2.50. The summed E-state index contributed by atoms with van der Waals surface area (Å²) in [7, 11) is 0. The van der Waals surface area contributed by atoms with Gasteiger partial charge in [-0.15, -0.1) is 0 Å². The summed E-state index contributed by atoms with van der Waals surface area (Å²) in [4.78, 5) is 24.7. The molecule has 0 aliphatic carbocycles. The highest BCUT2D eigenvalue weighted by atomic mass is 16.5. The number of carbonyl (C=O) groups excluding carboxylic acids is 2. The van der Waals surface area contributed by atoms with Gasteiger partial charge in [0.25, 0.3) is 0 Å². The Hall–Kier alpha value is -1.57. The molecule has 0 bridgehead atoms. The van der Waals surface area contributed by atoms with E-state index in [2.05, 4.69) is 13.0 Å². The zero-order valence-electron chi connectivity index (χ0n) is 15.2. The van der Waals surface area contributed by atoms with Crippen molar-refractivity contribution in [3.05, 3.63) is 0 Å². The van der Waals surface area contributed by atoms with Crippen LogP contribution in [0, 0.1) is 28.6 Å². The third-order valence-corrected chi connectivity index (χ3v) is 3.82. The number of hydrogen-bond donors (Lipinski definition) is 0. The molecule has 0 radical (unpaired) electrons. The Morgan fingerprint density at radius 3 is 1.96 bits per heavy atom. The molecule has 0 aromatic rings. The minimum absolute atomic E-state index is 0.257. The van der Waals surface area contributed by atoms with Crippen molar-refractivity contribution in [2.24, 2.45) is 17.3 Å². The molecule has 0 rings (SSSR count). The van der Waals surface area contributed by atoms with Gasteiger partial charge in [-0.05, 0) is 40.5 Å².